The predicted molar refractivity (Wildman–Crippen MR) is 207 cm³/mol. The summed E-state index contributed by atoms with van der Waals surface area (Å²) in [5, 5.41) is 10.4. The fourth-order valence-corrected chi connectivity index (χ4v) is 5.61. The van der Waals surface area contributed by atoms with E-state index in [4.69, 9.17) is 9.47 Å². The van der Waals surface area contributed by atoms with Crippen LogP contribution in [0, 0.1) is 29.6 Å². The molecule has 1 amide bonds. The van der Waals surface area contributed by atoms with Crippen molar-refractivity contribution in [1.82, 2.24) is 25.1 Å². The number of likely N-dealkylation sites (tertiary alicyclic amines) is 1. The summed E-state index contributed by atoms with van der Waals surface area (Å²) in [6.45, 7) is 18.8. The Balaban J connectivity index is 0.000000779. The molecule has 52 heavy (non-hydrogen) atoms. The largest absolute Gasteiger partial charge is 0.493 e. The summed E-state index contributed by atoms with van der Waals surface area (Å²) in [5.41, 5.74) is 1.74. The Labute approximate surface area is 312 Å². The van der Waals surface area contributed by atoms with Crippen molar-refractivity contribution in [3.63, 3.8) is 0 Å². The summed E-state index contributed by atoms with van der Waals surface area (Å²) in [6.07, 6.45) is 1.92. The SMILES string of the molecule is C.C.C.CC(C)C(=O)C1COc2ccccc2C1.CC(C)C(=O)Cn1cnnn1.CC(C)C(=O)[C@H]1CN(C(=O)OC(C)(C)C)C[C@@H]1c1ccccc1. The zero-order valence-electron chi connectivity index (χ0n) is 30.5. The van der Waals surface area contributed by atoms with Crippen LogP contribution < -0.4 is 4.74 Å². The fourth-order valence-electron chi connectivity index (χ4n) is 5.61. The van der Waals surface area contributed by atoms with Crippen molar-refractivity contribution in [2.75, 3.05) is 19.7 Å². The number of amides is 1. The van der Waals surface area contributed by atoms with Crippen molar-refractivity contribution in [2.45, 2.75) is 109 Å². The first-order chi connectivity index (χ1) is 23.1. The number of benzene rings is 2. The summed E-state index contributed by atoms with van der Waals surface area (Å²) in [5.74, 6) is 1.62. The maximum Gasteiger partial charge on any atom is 0.410 e. The van der Waals surface area contributed by atoms with E-state index >= 15 is 0 Å². The molecule has 1 saturated heterocycles. The van der Waals surface area contributed by atoms with Gasteiger partial charge in [-0.15, -0.1) is 5.10 Å². The Morgan fingerprint density at radius 2 is 1.42 bits per heavy atom. The van der Waals surface area contributed by atoms with Gasteiger partial charge in [0.25, 0.3) is 0 Å². The molecule has 3 heterocycles. The third-order valence-electron chi connectivity index (χ3n) is 8.34. The van der Waals surface area contributed by atoms with E-state index in [0.29, 0.717) is 25.5 Å². The maximum atomic E-state index is 12.6. The standard InChI is InChI=1S/C19H27NO3.C13H16O2.C6H10N4O.3CH4/c1-13(2)17(21)16-12-20(18(22)23-19(3,4)5)11-15(16)14-9-7-6-8-10-14;1-9(2)13(14)11-7-10-5-3-4-6-12(10)15-8-11;1-5(2)6(11)3-10-4-7-8-9-10;;;/h6-10,13,15-16H,11-12H2,1-5H3;3-6,9,11H,7-8H2,1-2H3;4-5H,3H2,1-2H3;3*1H4/t15-,16+;;;;;/m1...../s1. The average Bonchev–Trinajstić information content (AvgIpc) is 3.75. The quantitative estimate of drug-likeness (QED) is 0.226. The van der Waals surface area contributed by atoms with E-state index in [1.807, 2.05) is 117 Å². The minimum Gasteiger partial charge on any atom is -0.493 e. The van der Waals surface area contributed by atoms with Crippen LogP contribution in [0.5, 0.6) is 5.75 Å². The third kappa shape index (κ3) is 14.3. The zero-order valence-corrected chi connectivity index (χ0v) is 30.5. The van der Waals surface area contributed by atoms with Crippen LogP contribution in [0.1, 0.15) is 102 Å². The summed E-state index contributed by atoms with van der Waals surface area (Å²) < 4.78 is 12.5. The minimum atomic E-state index is -0.528. The van der Waals surface area contributed by atoms with Crippen LogP contribution >= 0.6 is 0 Å². The molecule has 290 valence electrons. The second kappa shape index (κ2) is 21.8. The molecular weight excluding hydrogens is 658 g/mol. The van der Waals surface area contributed by atoms with E-state index in [9.17, 15) is 19.2 Å². The molecule has 0 bridgehead atoms. The van der Waals surface area contributed by atoms with Crippen LogP contribution in [0.4, 0.5) is 4.79 Å². The number of ketones is 3. The molecular formula is C41H65N5O6. The monoisotopic (exact) mass is 723 g/mol. The van der Waals surface area contributed by atoms with Crippen LogP contribution in [0.2, 0.25) is 0 Å². The Morgan fingerprint density at radius 3 is 1.96 bits per heavy atom. The van der Waals surface area contributed by atoms with Crippen LogP contribution in [0.25, 0.3) is 0 Å². The number of carbonyl (C=O) groups excluding carboxylic acids is 4. The summed E-state index contributed by atoms with van der Waals surface area (Å²) in [6, 6.07) is 17.9. The number of hydrogen-bond donors (Lipinski definition) is 0. The molecule has 1 unspecified atom stereocenters. The van der Waals surface area contributed by atoms with Gasteiger partial charge in [-0.3, -0.25) is 14.4 Å². The topological polar surface area (TPSA) is 134 Å². The molecule has 1 fully saturated rings. The van der Waals surface area contributed by atoms with Crippen molar-refractivity contribution in [3.05, 3.63) is 72.1 Å². The van der Waals surface area contributed by atoms with Crippen molar-refractivity contribution in [3.8, 4) is 5.75 Å². The minimum absolute atomic E-state index is 0. The van der Waals surface area contributed by atoms with E-state index in [1.54, 1.807) is 4.90 Å². The molecule has 0 spiro atoms. The van der Waals surface area contributed by atoms with Crippen molar-refractivity contribution in [2.24, 2.45) is 29.6 Å². The second-order valence-corrected chi connectivity index (χ2v) is 14.6. The van der Waals surface area contributed by atoms with Gasteiger partial charge in [-0.25, -0.2) is 9.48 Å². The van der Waals surface area contributed by atoms with Crippen molar-refractivity contribution >= 4 is 23.4 Å². The number of aromatic nitrogens is 4. The Hall–Kier alpha value is -4.41. The normalized spacial score (nSPS) is 17.4. The van der Waals surface area contributed by atoms with Crippen LogP contribution in [-0.4, -0.2) is 73.8 Å². The molecule has 3 atom stereocenters. The van der Waals surface area contributed by atoms with Gasteiger partial charge in [-0.2, -0.15) is 0 Å². The molecule has 5 rings (SSSR count). The highest BCUT2D eigenvalue weighted by Crippen LogP contribution is 2.35. The summed E-state index contributed by atoms with van der Waals surface area (Å²) in [7, 11) is 0. The molecule has 2 aromatic carbocycles. The molecule has 11 nitrogen and oxygen atoms in total. The first-order valence-corrected chi connectivity index (χ1v) is 17.1. The van der Waals surface area contributed by atoms with Gasteiger partial charge in [-0.1, -0.05) is 112 Å². The number of carbonyl (C=O) groups is 4. The van der Waals surface area contributed by atoms with Crippen molar-refractivity contribution < 1.29 is 28.7 Å². The molecule has 11 heteroatoms. The summed E-state index contributed by atoms with van der Waals surface area (Å²) >= 11 is 0. The van der Waals surface area contributed by atoms with Gasteiger partial charge in [0.1, 0.15) is 35.8 Å². The average molecular weight is 724 g/mol. The fraction of sp³-hybridized carbons (Fsp3) is 0.585. The number of para-hydroxylation sites is 1. The van der Waals surface area contributed by atoms with Gasteiger partial charge in [0.2, 0.25) is 0 Å². The summed E-state index contributed by atoms with van der Waals surface area (Å²) in [4.78, 5) is 49.6. The van der Waals surface area contributed by atoms with Crippen LogP contribution in [0.15, 0.2) is 60.9 Å². The van der Waals surface area contributed by atoms with E-state index in [-0.39, 0.29) is 82.0 Å². The van der Waals surface area contributed by atoms with Gasteiger partial charge in [0, 0.05) is 42.7 Å². The van der Waals surface area contributed by atoms with Gasteiger partial charge in [-0.05, 0) is 54.8 Å². The van der Waals surface area contributed by atoms with Crippen molar-refractivity contribution in [1.29, 1.82) is 0 Å². The maximum absolute atomic E-state index is 12.6. The van der Waals surface area contributed by atoms with Crippen LogP contribution in [0.3, 0.4) is 0 Å². The first kappa shape index (κ1) is 47.6. The first-order valence-electron chi connectivity index (χ1n) is 17.1. The number of tetrazole rings is 1. The number of ether oxygens (including phenoxy) is 2. The van der Waals surface area contributed by atoms with Gasteiger partial charge in [0.05, 0.1) is 12.5 Å². The van der Waals surface area contributed by atoms with E-state index < -0.39 is 5.60 Å². The molecule has 0 aliphatic carbocycles. The highest BCUT2D eigenvalue weighted by Gasteiger charge is 2.42. The number of hydrogen-bond acceptors (Lipinski definition) is 9. The second-order valence-electron chi connectivity index (χ2n) is 14.6. The smallest absolute Gasteiger partial charge is 0.410 e. The lowest BCUT2D eigenvalue weighted by Crippen LogP contribution is -2.36. The Bertz CT molecular complexity index is 1520. The number of rotatable bonds is 8. The lowest BCUT2D eigenvalue weighted by Gasteiger charge is -2.25. The molecule has 0 N–H and O–H groups in total. The lowest BCUT2D eigenvalue weighted by molar-refractivity contribution is -0.127. The number of fused-ring (bicyclic) bond motifs is 1. The van der Waals surface area contributed by atoms with E-state index in [2.05, 4.69) is 15.5 Å². The molecule has 1 aromatic heterocycles. The van der Waals surface area contributed by atoms with Gasteiger partial charge >= 0.3 is 6.09 Å². The van der Waals surface area contributed by atoms with Crippen LogP contribution in [-0.2, 0) is 32.1 Å². The van der Waals surface area contributed by atoms with Gasteiger partial charge in [0.15, 0.2) is 5.78 Å². The lowest BCUT2D eigenvalue weighted by atomic mass is 9.83. The van der Waals surface area contributed by atoms with E-state index in [0.717, 1.165) is 23.3 Å². The Kier molecular flexibility index (Phi) is 20.0. The number of nitrogens with zero attached hydrogens (tertiary/aromatic N) is 5. The predicted octanol–water partition coefficient (Wildman–Crippen LogP) is 8.13. The molecule has 0 saturated carbocycles. The molecule has 2 aliphatic heterocycles. The molecule has 0 radical (unpaired) electrons. The highest BCUT2D eigenvalue weighted by atomic mass is 16.6. The number of Topliss-reactive ketones (excluding diaryl/α,β-unsaturated/α-hetero) is 3. The van der Waals surface area contributed by atoms with Gasteiger partial charge < -0.3 is 14.4 Å². The molecule has 3 aromatic rings. The third-order valence-corrected chi connectivity index (χ3v) is 8.34. The molecule has 2 aliphatic rings. The zero-order chi connectivity index (χ0) is 36.3. The highest BCUT2D eigenvalue weighted by molar-refractivity contribution is 5.85. The van der Waals surface area contributed by atoms with E-state index in [1.165, 1.54) is 11.0 Å². The Morgan fingerprint density at radius 1 is 0.827 bits per heavy atom.